The lowest BCUT2D eigenvalue weighted by Crippen LogP contribution is -2.47. The van der Waals surface area contributed by atoms with E-state index in [0.717, 1.165) is 62.4 Å². The summed E-state index contributed by atoms with van der Waals surface area (Å²) in [4.78, 5) is 36.2. The number of aliphatic imine (C=N–C) groups is 1. The molecule has 3 heterocycles. The van der Waals surface area contributed by atoms with Gasteiger partial charge in [-0.3, -0.25) is 14.4 Å². The number of aryl methyl sites for hydroxylation is 1. The van der Waals surface area contributed by atoms with E-state index in [1.807, 2.05) is 42.6 Å². The average molecular weight is 552 g/mol. The van der Waals surface area contributed by atoms with Crippen LogP contribution in [0.3, 0.4) is 0 Å². The predicted octanol–water partition coefficient (Wildman–Crippen LogP) is 4.39. The number of hydrogen-bond acceptors (Lipinski definition) is 7. The Balaban J connectivity index is 1.16. The van der Waals surface area contributed by atoms with Crippen LogP contribution in [-0.2, 0) is 6.42 Å². The molecule has 9 heteroatoms. The van der Waals surface area contributed by atoms with E-state index in [2.05, 4.69) is 38.0 Å². The minimum absolute atomic E-state index is 0.111. The van der Waals surface area contributed by atoms with Crippen LogP contribution in [0.2, 0.25) is 0 Å². The van der Waals surface area contributed by atoms with Gasteiger partial charge in [0.25, 0.3) is 5.56 Å². The fourth-order valence-electron chi connectivity index (χ4n) is 5.32. The van der Waals surface area contributed by atoms with Crippen molar-refractivity contribution in [2.24, 2.45) is 10.9 Å². The highest BCUT2D eigenvalue weighted by Gasteiger charge is 2.36. The van der Waals surface area contributed by atoms with Gasteiger partial charge >= 0.3 is 0 Å². The third kappa shape index (κ3) is 6.41. The third-order valence-corrected chi connectivity index (χ3v) is 7.86. The molecule has 0 N–H and O–H groups in total. The highest BCUT2D eigenvalue weighted by Crippen LogP contribution is 2.46. The standard InChI is InChI=1S/C32H34FN7O/c1-38-16-18-39(19-17-38)31-32(41)40(28-11-7-24(8-12-28)30-35-14-3-15-36-30)22-27(37-31)4-2-13-34-21-25-20-29(25)23-5-9-26(33)10-6-23/h3,5-12,14-15,21-22,25,29H,2,4,13,16-20H2,1H3/t25?,29-/m0/s1. The van der Waals surface area contributed by atoms with Crippen LogP contribution in [0, 0.1) is 11.7 Å². The molecule has 2 atom stereocenters. The first-order valence-corrected chi connectivity index (χ1v) is 14.2. The van der Waals surface area contributed by atoms with Crippen LogP contribution >= 0.6 is 0 Å². The van der Waals surface area contributed by atoms with E-state index in [1.165, 1.54) is 17.7 Å². The fourth-order valence-corrected chi connectivity index (χ4v) is 5.32. The van der Waals surface area contributed by atoms with Crippen LogP contribution in [0.4, 0.5) is 10.2 Å². The quantitative estimate of drug-likeness (QED) is 0.227. The first-order valence-electron chi connectivity index (χ1n) is 14.2. The molecule has 1 aliphatic carbocycles. The number of likely N-dealkylation sites (N-methyl/N-ethyl adjacent to an activating group) is 1. The van der Waals surface area contributed by atoms with Gasteiger partial charge in [-0.2, -0.15) is 0 Å². The molecule has 6 rings (SSSR count). The lowest BCUT2D eigenvalue weighted by atomic mass is 10.1. The second kappa shape index (κ2) is 12.1. The molecule has 4 aromatic rings. The van der Waals surface area contributed by atoms with E-state index < -0.39 is 0 Å². The minimum atomic E-state index is -0.200. The maximum atomic E-state index is 13.7. The van der Waals surface area contributed by atoms with E-state index in [-0.39, 0.29) is 11.4 Å². The van der Waals surface area contributed by atoms with E-state index in [9.17, 15) is 9.18 Å². The highest BCUT2D eigenvalue weighted by atomic mass is 19.1. The number of piperazine rings is 1. The summed E-state index contributed by atoms with van der Waals surface area (Å²) in [5.74, 6) is 1.82. The van der Waals surface area contributed by atoms with Crippen molar-refractivity contribution in [1.82, 2.24) is 24.4 Å². The van der Waals surface area contributed by atoms with E-state index >= 15 is 0 Å². The van der Waals surface area contributed by atoms with Crippen LogP contribution in [-0.4, -0.2) is 70.4 Å². The Morgan fingerprint density at radius 1 is 1.00 bits per heavy atom. The summed E-state index contributed by atoms with van der Waals surface area (Å²) in [5, 5.41) is 0. The van der Waals surface area contributed by atoms with Gasteiger partial charge in [-0.1, -0.05) is 12.1 Å². The van der Waals surface area contributed by atoms with Gasteiger partial charge in [0.15, 0.2) is 11.6 Å². The molecule has 2 fully saturated rings. The van der Waals surface area contributed by atoms with E-state index in [4.69, 9.17) is 4.98 Å². The molecule has 0 bridgehead atoms. The molecule has 8 nitrogen and oxygen atoms in total. The Labute approximate surface area is 239 Å². The van der Waals surface area contributed by atoms with Gasteiger partial charge in [0.2, 0.25) is 0 Å². The topological polar surface area (TPSA) is 79.5 Å². The molecule has 0 spiro atoms. The number of anilines is 1. The van der Waals surface area contributed by atoms with Crippen molar-refractivity contribution in [2.45, 2.75) is 25.2 Å². The number of halogens is 1. The van der Waals surface area contributed by atoms with E-state index in [1.54, 1.807) is 23.0 Å². The molecule has 210 valence electrons. The van der Waals surface area contributed by atoms with Gasteiger partial charge in [0, 0.05) is 74.7 Å². The normalized spacial score (nSPS) is 19.1. The van der Waals surface area contributed by atoms with Crippen molar-refractivity contribution in [1.29, 1.82) is 0 Å². The van der Waals surface area contributed by atoms with Gasteiger partial charge in [0.1, 0.15) is 5.82 Å². The Morgan fingerprint density at radius 3 is 2.46 bits per heavy atom. The largest absolute Gasteiger partial charge is 0.349 e. The number of aromatic nitrogens is 4. The summed E-state index contributed by atoms with van der Waals surface area (Å²) >= 11 is 0. The molecular weight excluding hydrogens is 517 g/mol. The number of rotatable bonds is 9. The minimum Gasteiger partial charge on any atom is -0.349 e. The number of nitrogens with zero attached hydrogens (tertiary/aromatic N) is 7. The van der Waals surface area contributed by atoms with Gasteiger partial charge in [-0.15, -0.1) is 0 Å². The zero-order valence-corrected chi connectivity index (χ0v) is 23.2. The summed E-state index contributed by atoms with van der Waals surface area (Å²) in [5.41, 5.74) is 3.62. The van der Waals surface area contributed by atoms with Crippen LogP contribution in [0.15, 0.2) is 83.0 Å². The Kier molecular flexibility index (Phi) is 7.95. The molecule has 1 unspecified atom stereocenters. The molecule has 2 aliphatic rings. The van der Waals surface area contributed by atoms with Crippen molar-refractivity contribution in [3.8, 4) is 17.1 Å². The van der Waals surface area contributed by atoms with Crippen LogP contribution in [0.5, 0.6) is 0 Å². The van der Waals surface area contributed by atoms with Crippen molar-refractivity contribution < 1.29 is 4.39 Å². The molecule has 0 amide bonds. The summed E-state index contributed by atoms with van der Waals surface area (Å²) in [6, 6.07) is 16.3. The highest BCUT2D eigenvalue weighted by molar-refractivity contribution is 5.67. The van der Waals surface area contributed by atoms with Crippen molar-refractivity contribution in [3.63, 3.8) is 0 Å². The summed E-state index contributed by atoms with van der Waals surface area (Å²) < 4.78 is 14.9. The molecule has 2 aromatic carbocycles. The predicted molar refractivity (Wildman–Crippen MR) is 159 cm³/mol. The molecule has 41 heavy (non-hydrogen) atoms. The second-order valence-corrected chi connectivity index (χ2v) is 10.9. The van der Waals surface area contributed by atoms with Crippen molar-refractivity contribution in [2.75, 3.05) is 44.7 Å². The van der Waals surface area contributed by atoms with E-state index in [0.29, 0.717) is 30.0 Å². The maximum Gasteiger partial charge on any atom is 0.298 e. The summed E-state index contributed by atoms with van der Waals surface area (Å²) in [6.45, 7) is 4.03. The second-order valence-electron chi connectivity index (χ2n) is 10.9. The molecule has 0 radical (unpaired) electrons. The Morgan fingerprint density at radius 2 is 1.73 bits per heavy atom. The molecular formula is C32H34FN7O. The zero-order chi connectivity index (χ0) is 28.2. The van der Waals surface area contributed by atoms with Gasteiger partial charge in [0.05, 0.1) is 5.69 Å². The SMILES string of the molecule is CN1CCN(c2nc(CCCN=CC3C[C@H]3c3ccc(F)cc3)cn(-c3ccc(-c4ncccn4)cc3)c2=O)CC1. The lowest BCUT2D eigenvalue weighted by Gasteiger charge is -2.33. The van der Waals surface area contributed by atoms with Crippen LogP contribution in [0.25, 0.3) is 17.1 Å². The first-order chi connectivity index (χ1) is 20.0. The number of benzene rings is 2. The van der Waals surface area contributed by atoms with Crippen LogP contribution < -0.4 is 10.5 Å². The Hall–Kier alpha value is -4.24. The average Bonchev–Trinajstić information content (AvgIpc) is 3.78. The maximum absolute atomic E-state index is 13.7. The van der Waals surface area contributed by atoms with Crippen molar-refractivity contribution in [3.05, 3.63) is 101 Å². The van der Waals surface area contributed by atoms with Crippen LogP contribution in [0.1, 0.15) is 30.0 Å². The monoisotopic (exact) mass is 551 g/mol. The van der Waals surface area contributed by atoms with Gasteiger partial charge < -0.3 is 9.80 Å². The van der Waals surface area contributed by atoms with Gasteiger partial charge in [-0.05, 0) is 80.3 Å². The first kappa shape index (κ1) is 27.0. The third-order valence-electron chi connectivity index (χ3n) is 7.86. The fraction of sp³-hybridized carbons (Fsp3) is 0.344. The summed E-state index contributed by atoms with van der Waals surface area (Å²) in [6.07, 6.45) is 9.97. The molecule has 1 aliphatic heterocycles. The Bertz CT molecular complexity index is 1550. The molecule has 1 saturated heterocycles. The van der Waals surface area contributed by atoms with Crippen molar-refractivity contribution >= 4 is 12.0 Å². The van der Waals surface area contributed by atoms with Gasteiger partial charge in [-0.25, -0.2) is 19.3 Å². The molecule has 1 saturated carbocycles. The number of hydrogen-bond donors (Lipinski definition) is 0. The smallest absolute Gasteiger partial charge is 0.298 e. The lowest BCUT2D eigenvalue weighted by molar-refractivity contribution is 0.311. The summed E-state index contributed by atoms with van der Waals surface area (Å²) in [7, 11) is 2.10. The molecule has 2 aromatic heterocycles. The zero-order valence-electron chi connectivity index (χ0n) is 23.2.